The number of nitrogens with zero attached hydrogens (tertiary/aromatic N) is 2. The first-order valence-electron chi connectivity index (χ1n) is 7.27. The molecular formula is C15H25N3O. The van der Waals surface area contributed by atoms with Crippen molar-refractivity contribution in [2.45, 2.75) is 25.8 Å². The molecule has 0 radical (unpaired) electrons. The lowest BCUT2D eigenvalue weighted by molar-refractivity contribution is 0.0344. The lowest BCUT2D eigenvalue weighted by Gasteiger charge is -2.29. The summed E-state index contributed by atoms with van der Waals surface area (Å²) in [5.41, 5.74) is 1.32. The Bertz CT molecular complexity index is 339. The number of aromatic nitrogens is 1. The van der Waals surface area contributed by atoms with Crippen molar-refractivity contribution in [1.82, 2.24) is 15.2 Å². The van der Waals surface area contributed by atoms with E-state index in [1.165, 1.54) is 12.0 Å². The molecule has 0 amide bonds. The molecule has 106 valence electrons. The number of hydrogen-bond donors (Lipinski definition) is 1. The van der Waals surface area contributed by atoms with Crippen molar-refractivity contribution >= 4 is 0 Å². The Balaban J connectivity index is 1.55. The first-order valence-corrected chi connectivity index (χ1v) is 7.27. The fraction of sp³-hybridized carbons (Fsp3) is 0.667. The molecule has 1 saturated heterocycles. The van der Waals surface area contributed by atoms with Crippen LogP contribution in [-0.4, -0.2) is 55.3 Å². The summed E-state index contributed by atoms with van der Waals surface area (Å²) in [6, 6.07) is 4.69. The number of nitrogens with one attached hydrogen (secondary N) is 1. The fourth-order valence-electron chi connectivity index (χ4n) is 2.42. The van der Waals surface area contributed by atoms with Crippen molar-refractivity contribution in [2.24, 2.45) is 0 Å². The van der Waals surface area contributed by atoms with Crippen LogP contribution in [0.4, 0.5) is 0 Å². The molecule has 0 saturated carbocycles. The van der Waals surface area contributed by atoms with Crippen LogP contribution in [0.3, 0.4) is 0 Å². The summed E-state index contributed by atoms with van der Waals surface area (Å²) in [5, 5.41) is 3.60. The Hall–Kier alpha value is -0.970. The maximum Gasteiger partial charge on any atom is 0.0594 e. The van der Waals surface area contributed by atoms with Gasteiger partial charge in [0.05, 0.1) is 13.2 Å². The van der Waals surface area contributed by atoms with Crippen molar-refractivity contribution < 1.29 is 4.74 Å². The second kappa shape index (κ2) is 8.25. The Morgan fingerprint density at radius 3 is 3.00 bits per heavy atom. The molecule has 0 spiro atoms. The molecule has 4 nitrogen and oxygen atoms in total. The third kappa shape index (κ3) is 5.68. The van der Waals surface area contributed by atoms with E-state index in [1.807, 2.05) is 18.5 Å². The molecule has 1 aromatic rings. The summed E-state index contributed by atoms with van der Waals surface area (Å²) >= 11 is 0. The Labute approximate surface area is 116 Å². The Morgan fingerprint density at radius 1 is 1.42 bits per heavy atom. The first-order chi connectivity index (χ1) is 9.34. The van der Waals surface area contributed by atoms with Crippen LogP contribution in [0.5, 0.6) is 0 Å². The van der Waals surface area contributed by atoms with Gasteiger partial charge in [0.2, 0.25) is 0 Å². The van der Waals surface area contributed by atoms with Crippen LogP contribution in [0.2, 0.25) is 0 Å². The molecule has 0 aliphatic carbocycles. The van der Waals surface area contributed by atoms with Crippen LogP contribution >= 0.6 is 0 Å². The summed E-state index contributed by atoms with van der Waals surface area (Å²) in [4.78, 5) is 6.61. The van der Waals surface area contributed by atoms with Crippen LogP contribution < -0.4 is 5.32 Å². The number of rotatable bonds is 7. The fourth-order valence-corrected chi connectivity index (χ4v) is 2.42. The van der Waals surface area contributed by atoms with Crippen LogP contribution in [-0.2, 0) is 11.2 Å². The van der Waals surface area contributed by atoms with E-state index < -0.39 is 0 Å². The highest BCUT2D eigenvalue weighted by Gasteiger charge is 2.12. The molecule has 0 aromatic carbocycles. The van der Waals surface area contributed by atoms with Crippen molar-refractivity contribution in [3.8, 4) is 0 Å². The van der Waals surface area contributed by atoms with Crippen LogP contribution in [0.15, 0.2) is 24.5 Å². The number of hydrogen-bond acceptors (Lipinski definition) is 4. The van der Waals surface area contributed by atoms with Crippen molar-refractivity contribution in [1.29, 1.82) is 0 Å². The Kier molecular flexibility index (Phi) is 6.27. The van der Waals surface area contributed by atoms with Gasteiger partial charge < -0.3 is 10.1 Å². The number of pyridine rings is 1. The molecular weight excluding hydrogens is 238 g/mol. The van der Waals surface area contributed by atoms with E-state index in [4.69, 9.17) is 4.74 Å². The van der Waals surface area contributed by atoms with Gasteiger partial charge in [-0.2, -0.15) is 0 Å². The highest BCUT2D eigenvalue weighted by molar-refractivity contribution is 5.08. The number of aryl methyl sites for hydroxylation is 1. The minimum Gasteiger partial charge on any atom is -0.379 e. The standard InChI is InChI=1S/C15H25N3O/c1-14(13-18-8-10-19-11-9-18)17-7-3-5-15-4-2-6-16-12-15/h2,4,6,12,14,17H,3,5,7-11,13H2,1H3. The molecule has 1 unspecified atom stereocenters. The minimum atomic E-state index is 0.548. The second-order valence-corrected chi connectivity index (χ2v) is 5.23. The average molecular weight is 263 g/mol. The third-order valence-electron chi connectivity index (χ3n) is 3.49. The molecule has 0 bridgehead atoms. The van der Waals surface area contributed by atoms with Crippen LogP contribution in [0.25, 0.3) is 0 Å². The molecule has 4 heteroatoms. The van der Waals surface area contributed by atoms with E-state index in [0.717, 1.165) is 45.8 Å². The predicted molar refractivity (Wildman–Crippen MR) is 77.3 cm³/mol. The molecule has 19 heavy (non-hydrogen) atoms. The normalized spacial score (nSPS) is 18.4. The maximum absolute atomic E-state index is 5.36. The van der Waals surface area contributed by atoms with Gasteiger partial charge in [-0.1, -0.05) is 6.07 Å². The molecule has 1 N–H and O–H groups in total. The van der Waals surface area contributed by atoms with Gasteiger partial charge in [0.1, 0.15) is 0 Å². The lowest BCUT2D eigenvalue weighted by atomic mass is 10.1. The molecule has 1 atom stereocenters. The Morgan fingerprint density at radius 2 is 2.26 bits per heavy atom. The maximum atomic E-state index is 5.36. The van der Waals surface area contributed by atoms with E-state index in [2.05, 4.69) is 28.2 Å². The smallest absolute Gasteiger partial charge is 0.0594 e. The topological polar surface area (TPSA) is 37.4 Å². The quantitative estimate of drug-likeness (QED) is 0.753. The number of ether oxygens (including phenoxy) is 1. The lowest BCUT2D eigenvalue weighted by Crippen LogP contribution is -2.44. The molecule has 1 aromatic heterocycles. The monoisotopic (exact) mass is 263 g/mol. The summed E-state index contributed by atoms with van der Waals surface area (Å²) in [6.07, 6.45) is 6.05. The van der Waals surface area contributed by atoms with E-state index in [1.54, 1.807) is 0 Å². The van der Waals surface area contributed by atoms with Gasteiger partial charge in [-0.3, -0.25) is 9.88 Å². The molecule has 2 rings (SSSR count). The summed E-state index contributed by atoms with van der Waals surface area (Å²) < 4.78 is 5.36. The van der Waals surface area contributed by atoms with Crippen LogP contribution in [0.1, 0.15) is 18.9 Å². The van der Waals surface area contributed by atoms with E-state index in [-0.39, 0.29) is 0 Å². The molecule has 1 fully saturated rings. The van der Waals surface area contributed by atoms with Gasteiger partial charge >= 0.3 is 0 Å². The van der Waals surface area contributed by atoms with E-state index in [9.17, 15) is 0 Å². The zero-order chi connectivity index (χ0) is 13.3. The van der Waals surface area contributed by atoms with Crippen molar-refractivity contribution in [3.63, 3.8) is 0 Å². The summed E-state index contributed by atoms with van der Waals surface area (Å²) in [5.74, 6) is 0. The van der Waals surface area contributed by atoms with Gasteiger partial charge in [0.15, 0.2) is 0 Å². The number of morpholine rings is 1. The first kappa shape index (κ1) is 14.4. The van der Waals surface area contributed by atoms with E-state index in [0.29, 0.717) is 6.04 Å². The van der Waals surface area contributed by atoms with Gasteiger partial charge in [0.25, 0.3) is 0 Å². The third-order valence-corrected chi connectivity index (χ3v) is 3.49. The van der Waals surface area contributed by atoms with E-state index >= 15 is 0 Å². The zero-order valence-electron chi connectivity index (χ0n) is 11.8. The van der Waals surface area contributed by atoms with Gasteiger partial charge in [-0.05, 0) is 37.9 Å². The van der Waals surface area contributed by atoms with Gasteiger partial charge in [0, 0.05) is 38.1 Å². The SMILES string of the molecule is CC(CN1CCOCC1)NCCCc1cccnc1. The van der Waals surface area contributed by atoms with Gasteiger partial charge in [-0.25, -0.2) is 0 Å². The zero-order valence-corrected chi connectivity index (χ0v) is 11.8. The second-order valence-electron chi connectivity index (χ2n) is 5.23. The minimum absolute atomic E-state index is 0.548. The largest absolute Gasteiger partial charge is 0.379 e. The highest BCUT2D eigenvalue weighted by Crippen LogP contribution is 2.01. The van der Waals surface area contributed by atoms with Crippen LogP contribution in [0, 0.1) is 0 Å². The van der Waals surface area contributed by atoms with Gasteiger partial charge in [-0.15, -0.1) is 0 Å². The molecule has 2 heterocycles. The summed E-state index contributed by atoms with van der Waals surface area (Å²) in [7, 11) is 0. The van der Waals surface area contributed by atoms with Crippen molar-refractivity contribution in [2.75, 3.05) is 39.4 Å². The molecule has 1 aliphatic rings. The average Bonchev–Trinajstić information content (AvgIpc) is 2.46. The molecule has 1 aliphatic heterocycles. The summed E-state index contributed by atoms with van der Waals surface area (Å²) in [6.45, 7) is 8.36. The highest BCUT2D eigenvalue weighted by atomic mass is 16.5. The van der Waals surface area contributed by atoms with Crippen molar-refractivity contribution in [3.05, 3.63) is 30.1 Å². The predicted octanol–water partition coefficient (Wildman–Crippen LogP) is 1.32.